The predicted octanol–water partition coefficient (Wildman–Crippen LogP) is 2.20. The molecule has 138 valence electrons. The van der Waals surface area contributed by atoms with Gasteiger partial charge in [-0.1, -0.05) is 25.1 Å². The minimum Gasteiger partial charge on any atom is -0.349 e. The number of rotatable bonds is 3. The van der Waals surface area contributed by atoms with Crippen LogP contribution in [0.2, 0.25) is 0 Å². The van der Waals surface area contributed by atoms with Gasteiger partial charge in [0.25, 0.3) is 0 Å². The molecule has 26 heavy (non-hydrogen) atoms. The van der Waals surface area contributed by atoms with Crippen molar-refractivity contribution in [2.24, 2.45) is 23.7 Å². The third-order valence-corrected chi connectivity index (χ3v) is 5.30. The lowest BCUT2D eigenvalue weighted by Crippen LogP contribution is -2.44. The van der Waals surface area contributed by atoms with Gasteiger partial charge in [-0.2, -0.15) is 0 Å². The molecule has 3 amide bonds. The Hall–Kier alpha value is -2.57. The Kier molecular flexibility index (Phi) is 4.64. The van der Waals surface area contributed by atoms with Crippen LogP contribution in [0.1, 0.15) is 25.5 Å². The Bertz CT molecular complexity index is 808. The van der Waals surface area contributed by atoms with Crippen molar-refractivity contribution in [3.05, 3.63) is 47.5 Å². The van der Waals surface area contributed by atoms with Gasteiger partial charge in [-0.05, 0) is 30.5 Å². The van der Waals surface area contributed by atoms with Gasteiger partial charge in [0, 0.05) is 7.05 Å². The van der Waals surface area contributed by atoms with Gasteiger partial charge in [0.2, 0.25) is 17.7 Å². The molecule has 3 rings (SSSR count). The summed E-state index contributed by atoms with van der Waals surface area (Å²) in [4.78, 5) is 38.5. The van der Waals surface area contributed by atoms with E-state index in [0.717, 1.165) is 17.0 Å². The molecule has 1 fully saturated rings. The van der Waals surface area contributed by atoms with Gasteiger partial charge in [-0.15, -0.1) is 0 Å². The average Bonchev–Trinajstić information content (AvgIpc) is 2.81. The second-order valence-corrected chi connectivity index (χ2v) is 6.96. The SMILES string of the molecule is C[C@H](NC(=O)[C@H]1[C@@H]2C(=O)N(C)C(=O)[C@H]2C=C[C@H]1C)c1ccc(F)c(F)c1. The normalized spacial score (nSPS) is 28.9. The highest BCUT2D eigenvalue weighted by molar-refractivity contribution is 6.07. The molecule has 0 radical (unpaired) electrons. The van der Waals surface area contributed by atoms with E-state index in [1.165, 1.54) is 13.1 Å². The Balaban J connectivity index is 1.82. The number of nitrogens with one attached hydrogen (secondary N) is 1. The maximum absolute atomic E-state index is 13.4. The molecule has 1 aromatic rings. The van der Waals surface area contributed by atoms with Crippen LogP contribution in [0.3, 0.4) is 0 Å². The summed E-state index contributed by atoms with van der Waals surface area (Å²) in [6, 6.07) is 2.86. The van der Waals surface area contributed by atoms with E-state index in [1.807, 2.05) is 6.92 Å². The number of hydrogen-bond donors (Lipinski definition) is 1. The van der Waals surface area contributed by atoms with Crippen LogP contribution >= 0.6 is 0 Å². The minimum atomic E-state index is -0.990. The lowest BCUT2D eigenvalue weighted by atomic mass is 9.71. The van der Waals surface area contributed by atoms with Crippen molar-refractivity contribution in [1.82, 2.24) is 10.2 Å². The lowest BCUT2D eigenvalue weighted by Gasteiger charge is -2.31. The number of hydrogen-bond acceptors (Lipinski definition) is 3. The van der Waals surface area contributed by atoms with Crippen molar-refractivity contribution in [3.8, 4) is 0 Å². The predicted molar refractivity (Wildman–Crippen MR) is 89.5 cm³/mol. The van der Waals surface area contributed by atoms with Crippen molar-refractivity contribution in [1.29, 1.82) is 0 Å². The molecule has 1 aromatic carbocycles. The molecule has 1 aliphatic heterocycles. The van der Waals surface area contributed by atoms with Crippen LogP contribution in [0.15, 0.2) is 30.4 Å². The Labute approximate surface area is 150 Å². The highest BCUT2D eigenvalue weighted by Crippen LogP contribution is 2.40. The van der Waals surface area contributed by atoms with Gasteiger partial charge < -0.3 is 5.32 Å². The number of likely N-dealkylation sites (tertiary alicyclic amines) is 1. The van der Waals surface area contributed by atoms with Gasteiger partial charge in [0.1, 0.15) is 0 Å². The first-order chi connectivity index (χ1) is 12.2. The monoisotopic (exact) mass is 362 g/mol. The average molecular weight is 362 g/mol. The quantitative estimate of drug-likeness (QED) is 0.662. The van der Waals surface area contributed by atoms with E-state index in [1.54, 1.807) is 19.1 Å². The molecule has 2 aliphatic rings. The molecule has 1 saturated heterocycles. The number of benzene rings is 1. The maximum Gasteiger partial charge on any atom is 0.236 e. The van der Waals surface area contributed by atoms with Crippen LogP contribution in [0.5, 0.6) is 0 Å². The fourth-order valence-electron chi connectivity index (χ4n) is 3.76. The summed E-state index contributed by atoms with van der Waals surface area (Å²) < 4.78 is 26.5. The first-order valence-electron chi connectivity index (χ1n) is 8.47. The van der Waals surface area contributed by atoms with Gasteiger partial charge in [0.15, 0.2) is 11.6 Å². The lowest BCUT2D eigenvalue weighted by molar-refractivity contribution is -0.141. The molecule has 0 saturated carbocycles. The van der Waals surface area contributed by atoms with E-state index >= 15 is 0 Å². The van der Waals surface area contributed by atoms with Crippen molar-refractivity contribution < 1.29 is 23.2 Å². The van der Waals surface area contributed by atoms with Crippen molar-refractivity contribution in [3.63, 3.8) is 0 Å². The molecular weight excluding hydrogens is 342 g/mol. The van der Waals surface area contributed by atoms with E-state index in [9.17, 15) is 23.2 Å². The minimum absolute atomic E-state index is 0.225. The van der Waals surface area contributed by atoms with Crippen LogP contribution in [0, 0.1) is 35.3 Å². The molecule has 5 atom stereocenters. The molecule has 0 aromatic heterocycles. The molecule has 0 spiro atoms. The molecule has 1 heterocycles. The zero-order valence-corrected chi connectivity index (χ0v) is 14.7. The van der Waals surface area contributed by atoms with E-state index in [2.05, 4.69) is 5.32 Å². The van der Waals surface area contributed by atoms with Gasteiger partial charge in [-0.25, -0.2) is 8.78 Å². The number of allylic oxidation sites excluding steroid dienone is 1. The van der Waals surface area contributed by atoms with Crippen LogP contribution in [0.4, 0.5) is 8.78 Å². The second-order valence-electron chi connectivity index (χ2n) is 6.96. The van der Waals surface area contributed by atoms with Gasteiger partial charge in [0.05, 0.1) is 23.8 Å². The highest BCUT2D eigenvalue weighted by atomic mass is 19.2. The number of halogens is 2. The molecular formula is C19H20F2N2O3. The molecule has 0 unspecified atom stereocenters. The summed E-state index contributed by atoms with van der Waals surface area (Å²) in [7, 11) is 1.42. The van der Waals surface area contributed by atoms with Crippen LogP contribution in [0.25, 0.3) is 0 Å². The molecule has 7 heteroatoms. The van der Waals surface area contributed by atoms with Gasteiger partial charge >= 0.3 is 0 Å². The first-order valence-corrected chi connectivity index (χ1v) is 8.47. The Morgan fingerprint density at radius 1 is 1.15 bits per heavy atom. The number of amides is 3. The topological polar surface area (TPSA) is 66.5 Å². The fourth-order valence-corrected chi connectivity index (χ4v) is 3.76. The molecule has 5 nitrogen and oxygen atoms in total. The maximum atomic E-state index is 13.4. The summed E-state index contributed by atoms with van der Waals surface area (Å²) in [6.07, 6.45) is 3.47. The Morgan fingerprint density at radius 3 is 2.50 bits per heavy atom. The molecule has 1 aliphatic carbocycles. The summed E-state index contributed by atoms with van der Waals surface area (Å²) >= 11 is 0. The highest BCUT2D eigenvalue weighted by Gasteiger charge is 2.53. The zero-order valence-electron chi connectivity index (χ0n) is 14.7. The van der Waals surface area contributed by atoms with E-state index < -0.39 is 35.4 Å². The van der Waals surface area contributed by atoms with Crippen LogP contribution in [-0.2, 0) is 14.4 Å². The number of nitrogens with zero attached hydrogens (tertiary/aromatic N) is 1. The summed E-state index contributed by atoms with van der Waals surface area (Å²) in [6.45, 7) is 3.47. The van der Waals surface area contributed by atoms with Crippen molar-refractivity contribution in [2.75, 3.05) is 7.05 Å². The third kappa shape index (κ3) is 2.91. The Morgan fingerprint density at radius 2 is 1.85 bits per heavy atom. The molecule has 1 N–H and O–H groups in total. The summed E-state index contributed by atoms with van der Waals surface area (Å²) in [5, 5.41) is 2.76. The largest absolute Gasteiger partial charge is 0.349 e. The standard InChI is InChI=1S/C19H20F2N2O3/c1-9-4-6-12-16(19(26)23(3)18(12)25)15(9)17(24)22-10(2)11-5-7-13(20)14(21)8-11/h4-10,12,15-16H,1-3H3,(H,22,24)/t9-,10+,12+,15-,16-/m1/s1. The summed E-state index contributed by atoms with van der Waals surface area (Å²) in [5.74, 6) is -5.29. The molecule has 0 bridgehead atoms. The summed E-state index contributed by atoms with van der Waals surface area (Å²) in [5.41, 5.74) is 0.416. The van der Waals surface area contributed by atoms with E-state index in [-0.39, 0.29) is 23.6 Å². The smallest absolute Gasteiger partial charge is 0.236 e. The van der Waals surface area contributed by atoms with E-state index in [0.29, 0.717) is 5.56 Å². The number of imide groups is 1. The van der Waals surface area contributed by atoms with Crippen molar-refractivity contribution >= 4 is 17.7 Å². The number of carbonyl (C=O) groups is 3. The van der Waals surface area contributed by atoms with Crippen LogP contribution in [-0.4, -0.2) is 29.7 Å². The van der Waals surface area contributed by atoms with Gasteiger partial charge in [-0.3, -0.25) is 19.3 Å². The van der Waals surface area contributed by atoms with Crippen molar-refractivity contribution in [2.45, 2.75) is 19.9 Å². The fraction of sp³-hybridized carbons (Fsp3) is 0.421. The first kappa shape index (κ1) is 18.2. The van der Waals surface area contributed by atoms with E-state index in [4.69, 9.17) is 0 Å². The number of fused-ring (bicyclic) bond motifs is 1. The van der Waals surface area contributed by atoms with Crippen LogP contribution < -0.4 is 5.32 Å². The third-order valence-electron chi connectivity index (χ3n) is 5.30. The second kappa shape index (κ2) is 6.63. The number of carbonyl (C=O) groups excluding carboxylic acids is 3. The zero-order chi connectivity index (χ0) is 19.2.